The Kier molecular flexibility index (Phi) is 6.16. The van der Waals surface area contributed by atoms with E-state index in [0.717, 1.165) is 73.6 Å². The molecule has 0 radical (unpaired) electrons. The third-order valence-electron chi connectivity index (χ3n) is 9.66. The number of aromatic amines is 1. The van der Waals surface area contributed by atoms with E-state index in [1.807, 2.05) is 29.3 Å². The third-order valence-corrected chi connectivity index (χ3v) is 9.66. The number of nitrogens with zero attached hydrogens (tertiary/aromatic N) is 1. The first-order chi connectivity index (χ1) is 17.9. The van der Waals surface area contributed by atoms with Gasteiger partial charge in [-0.15, -0.1) is 0 Å². The molecule has 8 nitrogen and oxygen atoms in total. The molecule has 8 heteroatoms. The monoisotopic (exact) mass is 506 g/mol. The Hall–Kier alpha value is -3.03. The van der Waals surface area contributed by atoms with Crippen molar-refractivity contribution >= 4 is 28.6 Å². The Morgan fingerprint density at radius 1 is 1.05 bits per heavy atom. The highest BCUT2D eigenvalue weighted by molar-refractivity contribution is 5.91. The van der Waals surface area contributed by atoms with Gasteiger partial charge in [-0.05, 0) is 69.1 Å². The molecule has 1 unspecified atom stereocenters. The van der Waals surface area contributed by atoms with Crippen molar-refractivity contribution in [2.24, 2.45) is 5.92 Å². The molecule has 1 saturated heterocycles. The Bertz CT molecular complexity index is 1190. The van der Waals surface area contributed by atoms with E-state index in [-0.39, 0.29) is 34.7 Å². The molecule has 1 aromatic heterocycles. The van der Waals surface area contributed by atoms with Gasteiger partial charge in [-0.3, -0.25) is 14.4 Å². The average Bonchev–Trinajstić information content (AvgIpc) is 3.65. The van der Waals surface area contributed by atoms with E-state index >= 15 is 0 Å². The van der Waals surface area contributed by atoms with E-state index in [9.17, 15) is 14.4 Å². The van der Waals surface area contributed by atoms with Crippen molar-refractivity contribution in [3.8, 4) is 5.75 Å². The van der Waals surface area contributed by atoms with Crippen LogP contribution < -0.4 is 15.4 Å². The fourth-order valence-electron chi connectivity index (χ4n) is 7.35. The molecule has 2 bridgehead atoms. The summed E-state index contributed by atoms with van der Waals surface area (Å²) >= 11 is 0. The number of carbonyl (C=O) groups excluding carboxylic acids is 3. The summed E-state index contributed by atoms with van der Waals surface area (Å²) in [4.78, 5) is 44.1. The highest BCUT2D eigenvalue weighted by atomic mass is 16.5. The number of hydrogen-bond acceptors (Lipinski definition) is 4. The minimum absolute atomic E-state index is 0.0447. The summed E-state index contributed by atoms with van der Waals surface area (Å²) < 4.78 is 5.29. The molecule has 2 aromatic rings. The number of ether oxygens (including phenoxy) is 1. The number of hydrogen-bond donors (Lipinski definition) is 3. The highest BCUT2D eigenvalue weighted by Crippen LogP contribution is 2.47. The van der Waals surface area contributed by atoms with Crippen LogP contribution in [0.1, 0.15) is 76.2 Å². The van der Waals surface area contributed by atoms with Gasteiger partial charge in [0, 0.05) is 53.3 Å². The summed E-state index contributed by atoms with van der Waals surface area (Å²) in [5.74, 6) is 0.796. The molecule has 1 aliphatic heterocycles. The second-order valence-electron chi connectivity index (χ2n) is 11.9. The maximum atomic E-state index is 13.2. The number of fused-ring (bicyclic) bond motifs is 4. The first kappa shape index (κ1) is 24.3. The van der Waals surface area contributed by atoms with Gasteiger partial charge in [0.15, 0.2) is 0 Å². The minimum Gasteiger partial charge on any atom is -0.497 e. The Morgan fingerprint density at radius 2 is 1.73 bits per heavy atom. The predicted molar refractivity (Wildman–Crippen MR) is 140 cm³/mol. The van der Waals surface area contributed by atoms with Gasteiger partial charge >= 0.3 is 0 Å². The molecule has 198 valence electrons. The lowest BCUT2D eigenvalue weighted by Gasteiger charge is -2.54. The van der Waals surface area contributed by atoms with Gasteiger partial charge in [0.25, 0.3) is 0 Å². The largest absolute Gasteiger partial charge is 0.497 e. The maximum absolute atomic E-state index is 13.2. The Balaban J connectivity index is 1.03. The molecular weight excluding hydrogens is 468 g/mol. The number of benzene rings is 1. The lowest BCUT2D eigenvalue weighted by atomic mass is 9.61. The molecule has 5 fully saturated rings. The second kappa shape index (κ2) is 9.37. The predicted octanol–water partition coefficient (Wildman–Crippen LogP) is 3.59. The van der Waals surface area contributed by atoms with E-state index in [0.29, 0.717) is 25.4 Å². The van der Waals surface area contributed by atoms with Gasteiger partial charge in [0.2, 0.25) is 17.7 Å². The van der Waals surface area contributed by atoms with Gasteiger partial charge in [-0.2, -0.15) is 0 Å². The van der Waals surface area contributed by atoms with Gasteiger partial charge in [0.05, 0.1) is 19.4 Å². The van der Waals surface area contributed by atoms with E-state index in [4.69, 9.17) is 4.74 Å². The van der Waals surface area contributed by atoms with Crippen LogP contribution in [-0.4, -0.2) is 58.4 Å². The molecule has 0 spiro atoms. The first-order valence-electron chi connectivity index (χ1n) is 13.9. The fourth-order valence-corrected chi connectivity index (χ4v) is 7.35. The standard InChI is InChI=1S/C29H38N4O4/c1-37-22-6-7-23-19(17-30-24(23)16-22)14-25(34)31-28-8-11-29(12-9-28,13-10-28)32-27(36)20-15-26(35)33(18-20)21-4-2-3-5-21/h6-7,16-17,20-21,30H,2-5,8-15,18H2,1H3,(H,31,34)(H,32,36). The summed E-state index contributed by atoms with van der Waals surface area (Å²) in [5, 5.41) is 7.80. The van der Waals surface area contributed by atoms with E-state index < -0.39 is 0 Å². The summed E-state index contributed by atoms with van der Waals surface area (Å²) in [6.45, 7) is 0.575. The molecule has 1 atom stereocenters. The van der Waals surface area contributed by atoms with Crippen LogP contribution >= 0.6 is 0 Å². The van der Waals surface area contributed by atoms with Crippen LogP contribution in [0.2, 0.25) is 0 Å². The van der Waals surface area contributed by atoms with Crippen LogP contribution in [0.4, 0.5) is 0 Å². The molecule has 4 aliphatic carbocycles. The summed E-state index contributed by atoms with van der Waals surface area (Å²) in [6, 6.07) is 6.19. The van der Waals surface area contributed by atoms with E-state index in [1.54, 1.807) is 7.11 Å². The number of carbonyl (C=O) groups is 3. The molecule has 2 heterocycles. The second-order valence-corrected chi connectivity index (χ2v) is 11.9. The molecule has 5 aliphatic rings. The summed E-state index contributed by atoms with van der Waals surface area (Å²) in [5.41, 5.74) is 1.58. The number of rotatable bonds is 7. The number of H-pyrrole nitrogens is 1. The van der Waals surface area contributed by atoms with Crippen LogP contribution in [0, 0.1) is 5.92 Å². The quantitative estimate of drug-likeness (QED) is 0.534. The lowest BCUT2D eigenvalue weighted by molar-refractivity contribution is -0.131. The normalized spacial score (nSPS) is 29.7. The molecule has 7 rings (SSSR count). The third kappa shape index (κ3) is 4.59. The first-order valence-corrected chi connectivity index (χ1v) is 13.9. The number of amides is 3. The smallest absolute Gasteiger partial charge is 0.225 e. The van der Waals surface area contributed by atoms with Crippen molar-refractivity contribution in [2.75, 3.05) is 13.7 Å². The Labute approximate surface area is 217 Å². The molecule has 37 heavy (non-hydrogen) atoms. The number of methoxy groups -OCH3 is 1. The van der Waals surface area contributed by atoms with Crippen molar-refractivity contribution in [2.45, 2.75) is 94.2 Å². The van der Waals surface area contributed by atoms with Gasteiger partial charge < -0.3 is 25.3 Å². The van der Waals surface area contributed by atoms with Crippen LogP contribution in [0.25, 0.3) is 10.9 Å². The zero-order chi connectivity index (χ0) is 25.6. The van der Waals surface area contributed by atoms with Gasteiger partial charge in [-0.25, -0.2) is 0 Å². The topological polar surface area (TPSA) is 104 Å². The minimum atomic E-state index is -0.230. The molecule has 3 amide bonds. The van der Waals surface area contributed by atoms with Crippen molar-refractivity contribution < 1.29 is 19.1 Å². The summed E-state index contributed by atoms with van der Waals surface area (Å²) in [6.07, 6.45) is 12.4. The zero-order valence-electron chi connectivity index (χ0n) is 21.7. The van der Waals surface area contributed by atoms with Crippen LogP contribution in [0.5, 0.6) is 5.75 Å². The van der Waals surface area contributed by atoms with Crippen molar-refractivity contribution in [3.05, 3.63) is 30.0 Å². The zero-order valence-corrected chi connectivity index (χ0v) is 21.7. The number of likely N-dealkylation sites (tertiary alicyclic amines) is 1. The Morgan fingerprint density at radius 3 is 2.41 bits per heavy atom. The van der Waals surface area contributed by atoms with Gasteiger partial charge in [-0.1, -0.05) is 12.8 Å². The summed E-state index contributed by atoms with van der Waals surface area (Å²) in [7, 11) is 1.65. The van der Waals surface area contributed by atoms with Crippen LogP contribution in [0.15, 0.2) is 24.4 Å². The fraction of sp³-hybridized carbons (Fsp3) is 0.621. The number of nitrogens with one attached hydrogen (secondary N) is 3. The van der Waals surface area contributed by atoms with Crippen molar-refractivity contribution in [1.82, 2.24) is 20.5 Å². The van der Waals surface area contributed by atoms with Crippen LogP contribution in [0.3, 0.4) is 0 Å². The number of aromatic nitrogens is 1. The molecule has 1 aromatic carbocycles. The van der Waals surface area contributed by atoms with E-state index in [2.05, 4.69) is 15.6 Å². The van der Waals surface area contributed by atoms with Crippen molar-refractivity contribution in [3.63, 3.8) is 0 Å². The molecule has 3 N–H and O–H groups in total. The van der Waals surface area contributed by atoms with Crippen molar-refractivity contribution in [1.29, 1.82) is 0 Å². The maximum Gasteiger partial charge on any atom is 0.225 e. The molecular formula is C29H38N4O4. The highest BCUT2D eigenvalue weighted by Gasteiger charge is 2.51. The molecule has 4 saturated carbocycles. The SMILES string of the molecule is COc1ccc2c(CC(=O)NC34CCC(NC(=O)C5CC(=O)N(C6CCCC6)C5)(CC3)CC4)c[nH]c2c1. The van der Waals surface area contributed by atoms with E-state index in [1.165, 1.54) is 12.8 Å². The van der Waals surface area contributed by atoms with Gasteiger partial charge in [0.1, 0.15) is 5.75 Å². The average molecular weight is 507 g/mol. The van der Waals surface area contributed by atoms with Crippen LogP contribution in [-0.2, 0) is 20.8 Å². The lowest BCUT2D eigenvalue weighted by Crippen LogP contribution is -2.64.